The molecule has 0 aliphatic carbocycles. The number of amides is 1. The fourth-order valence-corrected chi connectivity index (χ4v) is 1.95. The van der Waals surface area contributed by atoms with Crippen molar-refractivity contribution in [2.24, 2.45) is 0 Å². The van der Waals surface area contributed by atoms with E-state index in [0.29, 0.717) is 18.9 Å². The summed E-state index contributed by atoms with van der Waals surface area (Å²) in [6, 6.07) is 5.47. The van der Waals surface area contributed by atoms with Gasteiger partial charge in [0.05, 0.1) is 5.69 Å². The maximum Gasteiger partial charge on any atom is 0.294 e. The topological polar surface area (TPSA) is 91.2 Å². The lowest BCUT2D eigenvalue weighted by Crippen LogP contribution is -2.21. The maximum absolute atomic E-state index is 12.1. The van der Waals surface area contributed by atoms with Crippen LogP contribution >= 0.6 is 0 Å². The molecule has 0 spiro atoms. The Labute approximate surface area is 120 Å². The van der Waals surface area contributed by atoms with Crippen LogP contribution in [-0.2, 0) is 14.3 Å². The average Bonchev–Trinajstić information content (AvgIpc) is 3.04. The van der Waals surface area contributed by atoms with Gasteiger partial charge < -0.3 is 14.8 Å². The van der Waals surface area contributed by atoms with Crippen molar-refractivity contribution in [2.45, 2.75) is 6.92 Å². The summed E-state index contributed by atoms with van der Waals surface area (Å²) in [4.78, 5) is 12.1. The lowest BCUT2D eigenvalue weighted by Gasteiger charge is -2.16. The van der Waals surface area contributed by atoms with Gasteiger partial charge >= 0.3 is 0 Å². The monoisotopic (exact) mass is 287 g/mol. The quantitative estimate of drug-likeness (QED) is 0.897. The largest absolute Gasteiger partial charge is 0.494 e. The van der Waals surface area contributed by atoms with Gasteiger partial charge in [0.2, 0.25) is 5.76 Å². The van der Waals surface area contributed by atoms with Gasteiger partial charge in [-0.2, -0.15) is 0 Å². The lowest BCUT2D eigenvalue weighted by atomic mass is 10.1. The SMILES string of the molecule is Cc1c(NC(=O)C2=COCCO2)cccc1-n1cnnn1. The minimum Gasteiger partial charge on any atom is -0.494 e. The Morgan fingerprint density at radius 1 is 1.38 bits per heavy atom. The van der Waals surface area contributed by atoms with Crippen molar-refractivity contribution in [2.75, 3.05) is 18.5 Å². The van der Waals surface area contributed by atoms with Gasteiger partial charge in [0.1, 0.15) is 25.8 Å². The molecule has 1 N–H and O–H groups in total. The Hall–Kier alpha value is -2.90. The average molecular weight is 287 g/mol. The van der Waals surface area contributed by atoms with Crippen LogP contribution in [0.1, 0.15) is 5.56 Å². The first kappa shape index (κ1) is 13.1. The molecule has 0 fully saturated rings. The molecule has 3 rings (SSSR count). The number of anilines is 1. The number of hydrogen-bond acceptors (Lipinski definition) is 6. The zero-order valence-electron chi connectivity index (χ0n) is 11.3. The second-order valence-corrected chi connectivity index (χ2v) is 4.36. The number of benzene rings is 1. The fraction of sp³-hybridized carbons (Fsp3) is 0.231. The highest BCUT2D eigenvalue weighted by Crippen LogP contribution is 2.22. The smallest absolute Gasteiger partial charge is 0.294 e. The normalized spacial score (nSPS) is 13.9. The molecule has 8 heteroatoms. The summed E-state index contributed by atoms with van der Waals surface area (Å²) in [7, 11) is 0. The van der Waals surface area contributed by atoms with E-state index < -0.39 is 0 Å². The second-order valence-electron chi connectivity index (χ2n) is 4.36. The number of nitrogens with zero attached hydrogens (tertiary/aromatic N) is 4. The lowest BCUT2D eigenvalue weighted by molar-refractivity contribution is -0.117. The summed E-state index contributed by atoms with van der Waals surface area (Å²) in [5.41, 5.74) is 2.28. The van der Waals surface area contributed by atoms with Gasteiger partial charge in [-0.15, -0.1) is 5.10 Å². The molecule has 2 heterocycles. The minimum absolute atomic E-state index is 0.161. The summed E-state index contributed by atoms with van der Waals surface area (Å²) < 4.78 is 11.8. The highest BCUT2D eigenvalue weighted by Gasteiger charge is 2.17. The molecule has 8 nitrogen and oxygen atoms in total. The molecular formula is C13H13N5O3. The Morgan fingerprint density at radius 3 is 3.00 bits per heavy atom. The van der Waals surface area contributed by atoms with E-state index in [1.807, 2.05) is 19.1 Å². The van der Waals surface area contributed by atoms with Crippen LogP contribution < -0.4 is 5.32 Å². The molecule has 1 aliphatic rings. The summed E-state index contributed by atoms with van der Waals surface area (Å²) in [5, 5.41) is 13.8. The van der Waals surface area contributed by atoms with Crippen molar-refractivity contribution >= 4 is 11.6 Å². The molecule has 1 aromatic carbocycles. The number of carbonyl (C=O) groups excluding carboxylic acids is 1. The number of tetrazole rings is 1. The van der Waals surface area contributed by atoms with E-state index in [1.165, 1.54) is 17.3 Å². The first-order valence-electron chi connectivity index (χ1n) is 6.34. The number of nitrogens with one attached hydrogen (secondary N) is 1. The van der Waals surface area contributed by atoms with Crippen molar-refractivity contribution in [3.8, 4) is 5.69 Å². The molecule has 0 saturated heterocycles. The van der Waals surface area contributed by atoms with Gasteiger partial charge in [0.25, 0.3) is 5.91 Å². The molecule has 0 saturated carbocycles. The number of carbonyl (C=O) groups is 1. The van der Waals surface area contributed by atoms with E-state index in [4.69, 9.17) is 9.47 Å². The summed E-state index contributed by atoms with van der Waals surface area (Å²) in [6.07, 6.45) is 2.81. The highest BCUT2D eigenvalue weighted by molar-refractivity contribution is 6.02. The van der Waals surface area contributed by atoms with Crippen LogP contribution in [0.4, 0.5) is 5.69 Å². The Morgan fingerprint density at radius 2 is 2.29 bits per heavy atom. The molecule has 1 amide bonds. The van der Waals surface area contributed by atoms with E-state index in [-0.39, 0.29) is 11.7 Å². The molecule has 0 radical (unpaired) electrons. The third kappa shape index (κ3) is 2.69. The Balaban J connectivity index is 1.84. The van der Waals surface area contributed by atoms with Crippen molar-refractivity contribution in [1.29, 1.82) is 0 Å². The van der Waals surface area contributed by atoms with E-state index >= 15 is 0 Å². The molecule has 2 aromatic rings. The molecule has 1 aliphatic heterocycles. The molecule has 1 aromatic heterocycles. The van der Waals surface area contributed by atoms with E-state index in [2.05, 4.69) is 20.8 Å². The van der Waals surface area contributed by atoms with Crippen molar-refractivity contribution < 1.29 is 14.3 Å². The first-order valence-corrected chi connectivity index (χ1v) is 6.34. The summed E-state index contributed by atoms with van der Waals surface area (Å²) in [5.74, 6) is -0.194. The van der Waals surface area contributed by atoms with Gasteiger partial charge in [-0.1, -0.05) is 6.07 Å². The van der Waals surface area contributed by atoms with Gasteiger partial charge in [0, 0.05) is 5.69 Å². The summed E-state index contributed by atoms with van der Waals surface area (Å²) in [6.45, 7) is 2.69. The van der Waals surface area contributed by atoms with Crippen LogP contribution in [0.15, 0.2) is 36.5 Å². The standard InChI is InChI=1S/C13H13N5O3/c1-9-10(15-13(19)12-7-20-5-6-21-12)3-2-4-11(9)18-8-14-16-17-18/h2-4,7-8H,5-6H2,1H3,(H,15,19). The summed E-state index contributed by atoms with van der Waals surface area (Å²) >= 11 is 0. The van der Waals surface area contributed by atoms with Crippen molar-refractivity contribution in [1.82, 2.24) is 20.2 Å². The van der Waals surface area contributed by atoms with Gasteiger partial charge in [0.15, 0.2) is 0 Å². The molecular weight excluding hydrogens is 274 g/mol. The number of aromatic nitrogens is 4. The Kier molecular flexibility index (Phi) is 3.50. The zero-order chi connectivity index (χ0) is 14.7. The first-order chi connectivity index (χ1) is 10.3. The molecule has 0 bridgehead atoms. The third-order valence-corrected chi connectivity index (χ3v) is 3.02. The van der Waals surface area contributed by atoms with Crippen LogP contribution in [0.2, 0.25) is 0 Å². The Bertz CT molecular complexity index is 681. The van der Waals surface area contributed by atoms with Crippen LogP contribution in [-0.4, -0.2) is 39.3 Å². The number of rotatable bonds is 3. The molecule has 0 unspecified atom stereocenters. The molecule has 21 heavy (non-hydrogen) atoms. The third-order valence-electron chi connectivity index (χ3n) is 3.02. The molecule has 0 atom stereocenters. The van der Waals surface area contributed by atoms with Crippen molar-refractivity contribution in [3.05, 3.63) is 42.1 Å². The van der Waals surface area contributed by atoms with E-state index in [9.17, 15) is 4.79 Å². The zero-order valence-corrected chi connectivity index (χ0v) is 11.3. The van der Waals surface area contributed by atoms with Crippen molar-refractivity contribution in [3.63, 3.8) is 0 Å². The van der Waals surface area contributed by atoms with E-state index in [1.54, 1.807) is 6.07 Å². The van der Waals surface area contributed by atoms with Crippen LogP contribution in [0.25, 0.3) is 5.69 Å². The maximum atomic E-state index is 12.1. The second kappa shape index (κ2) is 5.61. The van der Waals surface area contributed by atoms with Crippen LogP contribution in [0.3, 0.4) is 0 Å². The number of hydrogen-bond donors (Lipinski definition) is 1. The van der Waals surface area contributed by atoms with Gasteiger partial charge in [-0.3, -0.25) is 4.79 Å². The fourth-order valence-electron chi connectivity index (χ4n) is 1.95. The predicted octanol–water partition coefficient (Wildman–Crippen LogP) is 0.797. The van der Waals surface area contributed by atoms with Crippen LogP contribution in [0, 0.1) is 6.92 Å². The predicted molar refractivity (Wildman–Crippen MR) is 72.5 cm³/mol. The van der Waals surface area contributed by atoms with Gasteiger partial charge in [-0.05, 0) is 35.0 Å². The number of ether oxygens (including phenoxy) is 2. The molecule has 108 valence electrons. The highest BCUT2D eigenvalue weighted by atomic mass is 16.6. The van der Waals surface area contributed by atoms with Crippen LogP contribution in [0.5, 0.6) is 0 Å². The van der Waals surface area contributed by atoms with Gasteiger partial charge in [-0.25, -0.2) is 4.68 Å². The minimum atomic E-state index is -0.355. The van der Waals surface area contributed by atoms with E-state index in [0.717, 1.165) is 11.3 Å².